The van der Waals surface area contributed by atoms with Crippen LogP contribution in [0.4, 0.5) is 0 Å². The Morgan fingerprint density at radius 2 is 2.29 bits per heavy atom. The second kappa shape index (κ2) is 5.37. The van der Waals surface area contributed by atoms with E-state index in [0.717, 1.165) is 4.88 Å². The molecule has 0 aliphatic heterocycles. The largest absolute Gasteiger partial charge is 0.297 e. The van der Waals surface area contributed by atoms with Crippen molar-refractivity contribution in [2.45, 2.75) is 12.3 Å². The lowest BCUT2D eigenvalue weighted by Crippen LogP contribution is -2.14. The number of carbonyl (C=O) groups excluding carboxylic acids is 1. The summed E-state index contributed by atoms with van der Waals surface area (Å²) in [6.45, 7) is 0. The van der Waals surface area contributed by atoms with Gasteiger partial charge in [-0.25, -0.2) is 0 Å². The predicted molar refractivity (Wildman–Crippen MR) is 65.6 cm³/mol. The van der Waals surface area contributed by atoms with Crippen molar-refractivity contribution in [3.05, 3.63) is 52.5 Å². The highest BCUT2D eigenvalue weighted by Crippen LogP contribution is 2.18. The molecule has 0 aromatic carbocycles. The van der Waals surface area contributed by atoms with Crippen LogP contribution in [0.5, 0.6) is 0 Å². The first kappa shape index (κ1) is 11.5. The minimum atomic E-state index is -0.765. The van der Waals surface area contributed by atoms with Crippen molar-refractivity contribution in [3.8, 4) is 6.07 Å². The van der Waals surface area contributed by atoms with Crippen molar-refractivity contribution >= 4 is 17.1 Å². The van der Waals surface area contributed by atoms with Gasteiger partial charge in [-0.05, 0) is 23.6 Å². The normalized spacial score (nSPS) is 11.7. The second-order valence-electron chi connectivity index (χ2n) is 3.54. The molecule has 2 rings (SSSR count). The van der Waals surface area contributed by atoms with Crippen LogP contribution in [0.25, 0.3) is 0 Å². The van der Waals surface area contributed by atoms with Gasteiger partial charge < -0.3 is 0 Å². The van der Waals surface area contributed by atoms with Gasteiger partial charge in [0.05, 0.1) is 11.8 Å². The van der Waals surface area contributed by atoms with Crippen molar-refractivity contribution in [1.82, 2.24) is 4.98 Å². The van der Waals surface area contributed by atoms with Gasteiger partial charge in [-0.3, -0.25) is 9.78 Å². The third-order valence-electron chi connectivity index (χ3n) is 2.36. The summed E-state index contributed by atoms with van der Waals surface area (Å²) in [7, 11) is 0. The van der Waals surface area contributed by atoms with E-state index in [0.29, 0.717) is 12.1 Å². The van der Waals surface area contributed by atoms with Gasteiger partial charge in [-0.15, -0.1) is 11.3 Å². The zero-order valence-corrected chi connectivity index (χ0v) is 9.85. The lowest BCUT2D eigenvalue weighted by atomic mass is 9.98. The van der Waals surface area contributed by atoms with Crippen LogP contribution in [0.1, 0.15) is 16.5 Å². The standard InChI is InChI=1S/C13H10N2OS/c14-9-11(12-5-1-2-6-15-12)13(16)8-10-4-3-7-17-10/h1-7,11H,8H2/t11-/m1/s1. The van der Waals surface area contributed by atoms with Crippen LogP contribution < -0.4 is 0 Å². The molecule has 0 unspecified atom stereocenters. The van der Waals surface area contributed by atoms with E-state index in [4.69, 9.17) is 5.26 Å². The Morgan fingerprint density at radius 1 is 1.41 bits per heavy atom. The summed E-state index contributed by atoms with van der Waals surface area (Å²) in [4.78, 5) is 17.0. The predicted octanol–water partition coefficient (Wildman–Crippen LogP) is 2.56. The molecule has 2 heterocycles. The number of hydrogen-bond donors (Lipinski definition) is 0. The molecule has 2 aromatic heterocycles. The maximum Gasteiger partial charge on any atom is 0.161 e. The smallest absolute Gasteiger partial charge is 0.161 e. The van der Waals surface area contributed by atoms with E-state index in [1.165, 1.54) is 11.3 Å². The summed E-state index contributed by atoms with van der Waals surface area (Å²) in [6.07, 6.45) is 1.89. The monoisotopic (exact) mass is 242 g/mol. The van der Waals surface area contributed by atoms with Gasteiger partial charge in [0.1, 0.15) is 5.92 Å². The number of nitrogens with zero attached hydrogens (tertiary/aromatic N) is 2. The highest BCUT2D eigenvalue weighted by atomic mass is 32.1. The van der Waals surface area contributed by atoms with E-state index < -0.39 is 5.92 Å². The number of rotatable bonds is 4. The quantitative estimate of drug-likeness (QED) is 0.828. The topological polar surface area (TPSA) is 53.8 Å². The number of Topliss-reactive ketones (excluding diaryl/α,β-unsaturated/α-hetero) is 1. The average Bonchev–Trinajstić information content (AvgIpc) is 2.84. The molecule has 0 saturated heterocycles. The summed E-state index contributed by atoms with van der Waals surface area (Å²) < 4.78 is 0. The molecule has 0 saturated carbocycles. The van der Waals surface area contributed by atoms with Gasteiger partial charge in [-0.2, -0.15) is 5.26 Å². The summed E-state index contributed by atoms with van der Waals surface area (Å²) in [5.41, 5.74) is 0.525. The highest BCUT2D eigenvalue weighted by Gasteiger charge is 2.21. The fourth-order valence-corrected chi connectivity index (χ4v) is 2.25. The van der Waals surface area contributed by atoms with Gasteiger partial charge in [0, 0.05) is 17.5 Å². The van der Waals surface area contributed by atoms with Gasteiger partial charge >= 0.3 is 0 Å². The molecule has 17 heavy (non-hydrogen) atoms. The Kier molecular flexibility index (Phi) is 3.63. The molecular weight excluding hydrogens is 232 g/mol. The minimum absolute atomic E-state index is 0.103. The van der Waals surface area contributed by atoms with Crippen LogP contribution in [0, 0.1) is 11.3 Å². The lowest BCUT2D eigenvalue weighted by molar-refractivity contribution is -0.118. The molecule has 0 radical (unpaired) electrons. The van der Waals surface area contributed by atoms with Gasteiger partial charge in [0.15, 0.2) is 5.78 Å². The Bertz CT molecular complexity index is 528. The van der Waals surface area contributed by atoms with Crippen molar-refractivity contribution in [3.63, 3.8) is 0 Å². The molecule has 1 atom stereocenters. The van der Waals surface area contributed by atoms with E-state index in [-0.39, 0.29) is 5.78 Å². The molecule has 0 aliphatic rings. The third-order valence-corrected chi connectivity index (χ3v) is 3.24. The van der Waals surface area contributed by atoms with E-state index in [1.807, 2.05) is 23.6 Å². The van der Waals surface area contributed by atoms with Crippen LogP contribution in [0.3, 0.4) is 0 Å². The first-order valence-corrected chi connectivity index (χ1v) is 6.05. The van der Waals surface area contributed by atoms with Crippen LogP contribution in [0.15, 0.2) is 41.9 Å². The number of carbonyl (C=O) groups is 1. The molecule has 0 bridgehead atoms. The SMILES string of the molecule is N#C[C@@H](C(=O)Cc1cccs1)c1ccccn1. The number of thiophene rings is 1. The van der Waals surface area contributed by atoms with Gasteiger partial charge in [0.25, 0.3) is 0 Å². The van der Waals surface area contributed by atoms with Crippen molar-refractivity contribution in [2.75, 3.05) is 0 Å². The Morgan fingerprint density at radius 3 is 2.88 bits per heavy atom. The summed E-state index contributed by atoms with van der Waals surface area (Å²) >= 11 is 1.52. The zero-order chi connectivity index (χ0) is 12.1. The Labute approximate surface area is 103 Å². The summed E-state index contributed by atoms with van der Waals surface area (Å²) in [6, 6.07) is 11.1. The fourth-order valence-electron chi connectivity index (χ4n) is 1.54. The Hall–Kier alpha value is -1.99. The minimum Gasteiger partial charge on any atom is -0.297 e. The maximum absolute atomic E-state index is 12.0. The highest BCUT2D eigenvalue weighted by molar-refractivity contribution is 7.10. The first-order valence-electron chi connectivity index (χ1n) is 5.17. The second-order valence-corrected chi connectivity index (χ2v) is 4.57. The molecule has 3 nitrogen and oxygen atoms in total. The maximum atomic E-state index is 12.0. The summed E-state index contributed by atoms with van der Waals surface area (Å²) in [5.74, 6) is -0.869. The van der Waals surface area contributed by atoms with E-state index in [9.17, 15) is 4.79 Å². The van der Waals surface area contributed by atoms with Crippen molar-refractivity contribution in [1.29, 1.82) is 5.26 Å². The third kappa shape index (κ3) is 2.77. The molecular formula is C13H10N2OS. The molecule has 0 aliphatic carbocycles. The van der Waals surface area contributed by atoms with E-state index >= 15 is 0 Å². The molecule has 84 valence electrons. The van der Waals surface area contributed by atoms with E-state index in [1.54, 1.807) is 24.4 Å². The number of pyridine rings is 1. The molecule has 4 heteroatoms. The van der Waals surface area contributed by atoms with Gasteiger partial charge in [-0.1, -0.05) is 12.1 Å². The number of ketones is 1. The summed E-state index contributed by atoms with van der Waals surface area (Å²) in [5, 5.41) is 11.0. The molecule has 0 amide bonds. The van der Waals surface area contributed by atoms with Gasteiger partial charge in [0.2, 0.25) is 0 Å². The van der Waals surface area contributed by atoms with Crippen LogP contribution in [0.2, 0.25) is 0 Å². The van der Waals surface area contributed by atoms with Crippen LogP contribution >= 0.6 is 11.3 Å². The van der Waals surface area contributed by atoms with E-state index in [2.05, 4.69) is 4.98 Å². The fraction of sp³-hybridized carbons (Fsp3) is 0.154. The Balaban J connectivity index is 2.15. The van der Waals surface area contributed by atoms with Crippen LogP contribution in [-0.4, -0.2) is 10.8 Å². The number of hydrogen-bond acceptors (Lipinski definition) is 4. The van der Waals surface area contributed by atoms with Crippen LogP contribution in [-0.2, 0) is 11.2 Å². The molecule has 0 N–H and O–H groups in total. The number of nitriles is 1. The molecule has 0 spiro atoms. The zero-order valence-electron chi connectivity index (χ0n) is 9.04. The molecule has 2 aromatic rings. The van der Waals surface area contributed by atoms with Crippen molar-refractivity contribution in [2.24, 2.45) is 0 Å². The lowest BCUT2D eigenvalue weighted by Gasteiger charge is -2.06. The van der Waals surface area contributed by atoms with Crippen molar-refractivity contribution < 1.29 is 4.79 Å². The average molecular weight is 242 g/mol. The first-order chi connectivity index (χ1) is 8.31. The molecule has 0 fully saturated rings. The number of aromatic nitrogens is 1.